The summed E-state index contributed by atoms with van der Waals surface area (Å²) >= 11 is 6.07. The maximum Gasteiger partial charge on any atom is 0.256 e. The summed E-state index contributed by atoms with van der Waals surface area (Å²) in [5, 5.41) is 10.0. The fourth-order valence-electron chi connectivity index (χ4n) is 2.76. The minimum absolute atomic E-state index is 0.0354. The molecule has 0 spiro atoms. The number of ether oxygens (including phenoxy) is 1. The van der Waals surface area contributed by atoms with Crippen molar-refractivity contribution in [3.63, 3.8) is 0 Å². The van der Waals surface area contributed by atoms with E-state index in [1.165, 1.54) is 4.68 Å². The molecule has 2 amide bonds. The van der Waals surface area contributed by atoms with E-state index >= 15 is 0 Å². The predicted octanol–water partition coefficient (Wildman–Crippen LogP) is 2.08. The number of aromatic nitrogens is 2. The number of rotatable bonds is 5. The van der Waals surface area contributed by atoms with Crippen LogP contribution in [0.2, 0.25) is 5.15 Å². The van der Waals surface area contributed by atoms with Crippen LogP contribution in [0.3, 0.4) is 0 Å². The molecule has 0 atom stereocenters. The van der Waals surface area contributed by atoms with Gasteiger partial charge in [0.05, 0.1) is 17.8 Å². The van der Waals surface area contributed by atoms with Gasteiger partial charge in [-0.15, -0.1) is 0 Å². The molecule has 0 aliphatic carbocycles. The van der Waals surface area contributed by atoms with Crippen molar-refractivity contribution in [2.24, 2.45) is 7.05 Å². The summed E-state index contributed by atoms with van der Waals surface area (Å²) in [7, 11) is 1.69. The predicted molar refractivity (Wildman–Crippen MR) is 94.2 cm³/mol. The molecule has 1 aromatic heterocycles. The number of nitrogens with one attached hydrogen (secondary N) is 2. The monoisotopic (exact) mass is 362 g/mol. The summed E-state index contributed by atoms with van der Waals surface area (Å²) in [6.07, 6.45) is 1.19. The first-order valence-corrected chi connectivity index (χ1v) is 8.36. The van der Waals surface area contributed by atoms with Crippen LogP contribution >= 0.6 is 11.6 Å². The largest absolute Gasteiger partial charge is 0.492 e. The minimum Gasteiger partial charge on any atom is -0.492 e. The van der Waals surface area contributed by atoms with Gasteiger partial charge in [-0.2, -0.15) is 5.10 Å². The number of fused-ring (bicyclic) bond motifs is 1. The van der Waals surface area contributed by atoms with Crippen LogP contribution in [0.15, 0.2) is 18.2 Å². The highest BCUT2D eigenvalue weighted by Crippen LogP contribution is 2.26. The van der Waals surface area contributed by atoms with Gasteiger partial charge >= 0.3 is 0 Å². The lowest BCUT2D eigenvalue weighted by atomic mass is 10.0. The first-order valence-electron chi connectivity index (χ1n) is 7.98. The van der Waals surface area contributed by atoms with Gasteiger partial charge in [-0.25, -0.2) is 0 Å². The Morgan fingerprint density at radius 2 is 2.24 bits per heavy atom. The molecule has 3 rings (SSSR count). The van der Waals surface area contributed by atoms with Gasteiger partial charge in [-0.3, -0.25) is 14.3 Å². The van der Waals surface area contributed by atoms with Gasteiger partial charge < -0.3 is 15.4 Å². The number of hydrogen-bond donors (Lipinski definition) is 2. The Morgan fingerprint density at radius 1 is 1.44 bits per heavy atom. The Labute approximate surface area is 150 Å². The van der Waals surface area contributed by atoms with Gasteiger partial charge in [-0.05, 0) is 37.1 Å². The molecular formula is C17H19ClN4O3. The van der Waals surface area contributed by atoms with Crippen molar-refractivity contribution < 1.29 is 14.3 Å². The highest BCUT2D eigenvalue weighted by atomic mass is 35.5. The number of amides is 2. The summed E-state index contributed by atoms with van der Waals surface area (Å²) in [5.74, 6) is 0.473. The van der Waals surface area contributed by atoms with Crippen molar-refractivity contribution in [2.75, 3.05) is 18.5 Å². The standard InChI is InChI=1S/C17H19ClN4O3/c1-10-15(16(18)22(2)21-10)17(24)19-7-8-25-12-4-5-13-11(9-12)3-6-14(23)20-13/h4-5,9H,3,6-8H2,1-2H3,(H,19,24)(H,20,23). The number of carbonyl (C=O) groups excluding carboxylic acids is 2. The summed E-state index contributed by atoms with van der Waals surface area (Å²) < 4.78 is 7.14. The van der Waals surface area contributed by atoms with Gasteiger partial charge in [0.25, 0.3) is 5.91 Å². The second-order valence-corrected chi connectivity index (χ2v) is 6.20. The molecule has 2 aromatic rings. The van der Waals surface area contributed by atoms with Gasteiger partial charge in [0.1, 0.15) is 17.5 Å². The first kappa shape index (κ1) is 17.3. The molecule has 0 saturated heterocycles. The number of nitrogens with zero attached hydrogens (tertiary/aromatic N) is 2. The van der Waals surface area contributed by atoms with Crippen LogP contribution < -0.4 is 15.4 Å². The van der Waals surface area contributed by atoms with Crippen LogP contribution in [0.1, 0.15) is 28.0 Å². The smallest absolute Gasteiger partial charge is 0.256 e. The van der Waals surface area contributed by atoms with Crippen molar-refractivity contribution >= 4 is 29.1 Å². The molecule has 7 nitrogen and oxygen atoms in total. The van der Waals surface area contributed by atoms with Gasteiger partial charge in [-0.1, -0.05) is 11.6 Å². The Balaban J connectivity index is 1.52. The topological polar surface area (TPSA) is 85.2 Å². The second kappa shape index (κ2) is 7.14. The molecule has 1 aliphatic rings. The second-order valence-electron chi connectivity index (χ2n) is 5.85. The summed E-state index contributed by atoms with van der Waals surface area (Å²) in [6, 6.07) is 5.55. The van der Waals surface area contributed by atoms with Crippen molar-refractivity contribution in [2.45, 2.75) is 19.8 Å². The quantitative estimate of drug-likeness (QED) is 0.797. The number of anilines is 1. The lowest BCUT2D eigenvalue weighted by Crippen LogP contribution is -2.28. The van der Waals surface area contributed by atoms with E-state index < -0.39 is 0 Å². The average molecular weight is 363 g/mol. The third-order valence-electron chi connectivity index (χ3n) is 4.01. The van der Waals surface area contributed by atoms with Crippen LogP contribution in [0.25, 0.3) is 0 Å². The molecule has 132 valence electrons. The zero-order chi connectivity index (χ0) is 18.0. The molecule has 2 N–H and O–H groups in total. The summed E-state index contributed by atoms with van der Waals surface area (Å²) in [5.41, 5.74) is 2.86. The third-order valence-corrected chi connectivity index (χ3v) is 4.44. The van der Waals surface area contributed by atoms with E-state index in [4.69, 9.17) is 16.3 Å². The minimum atomic E-state index is -0.271. The molecule has 0 saturated carbocycles. The van der Waals surface area contributed by atoms with Crippen LogP contribution in [-0.4, -0.2) is 34.7 Å². The zero-order valence-electron chi connectivity index (χ0n) is 14.1. The summed E-state index contributed by atoms with van der Waals surface area (Å²) in [4.78, 5) is 23.5. The SMILES string of the molecule is Cc1nn(C)c(Cl)c1C(=O)NCCOc1ccc2c(c1)CCC(=O)N2. The van der Waals surface area contributed by atoms with Crippen LogP contribution in [0, 0.1) is 6.92 Å². The van der Waals surface area contributed by atoms with Crippen molar-refractivity contribution in [1.82, 2.24) is 15.1 Å². The Hall–Kier alpha value is -2.54. The lowest BCUT2D eigenvalue weighted by Gasteiger charge is -2.17. The van der Waals surface area contributed by atoms with Crippen LogP contribution in [-0.2, 0) is 18.3 Å². The molecule has 0 fully saturated rings. The molecule has 1 aliphatic heterocycles. The number of carbonyl (C=O) groups is 2. The highest BCUT2D eigenvalue weighted by Gasteiger charge is 2.18. The van der Waals surface area contributed by atoms with Crippen LogP contribution in [0.4, 0.5) is 5.69 Å². The molecule has 25 heavy (non-hydrogen) atoms. The van der Waals surface area contributed by atoms with E-state index in [9.17, 15) is 9.59 Å². The van der Waals surface area contributed by atoms with Crippen molar-refractivity contribution in [3.05, 3.63) is 40.2 Å². The third kappa shape index (κ3) is 3.76. The van der Waals surface area contributed by atoms with E-state index in [1.54, 1.807) is 20.0 Å². The van der Waals surface area contributed by atoms with E-state index in [2.05, 4.69) is 15.7 Å². The molecule has 8 heteroatoms. The molecule has 0 radical (unpaired) electrons. The first-order chi connectivity index (χ1) is 12.0. The van der Waals surface area contributed by atoms with Crippen molar-refractivity contribution in [3.8, 4) is 5.75 Å². The van der Waals surface area contributed by atoms with Gasteiger partial charge in [0.2, 0.25) is 5.91 Å². The van der Waals surface area contributed by atoms with E-state index in [0.29, 0.717) is 48.2 Å². The Bertz CT molecular complexity index is 832. The van der Waals surface area contributed by atoms with E-state index in [0.717, 1.165) is 11.3 Å². The Kier molecular flexibility index (Phi) is 4.94. The number of halogens is 1. The van der Waals surface area contributed by atoms with E-state index in [-0.39, 0.29) is 11.8 Å². The molecular weight excluding hydrogens is 344 g/mol. The maximum atomic E-state index is 12.2. The Morgan fingerprint density at radius 3 is 2.96 bits per heavy atom. The lowest BCUT2D eigenvalue weighted by molar-refractivity contribution is -0.116. The van der Waals surface area contributed by atoms with E-state index in [1.807, 2.05) is 12.1 Å². The zero-order valence-corrected chi connectivity index (χ0v) is 14.8. The molecule has 0 bridgehead atoms. The average Bonchev–Trinajstić information content (AvgIpc) is 2.84. The fraction of sp³-hybridized carbons (Fsp3) is 0.353. The van der Waals surface area contributed by atoms with Gasteiger partial charge in [0.15, 0.2) is 0 Å². The molecule has 1 aromatic carbocycles. The fourth-order valence-corrected chi connectivity index (χ4v) is 3.02. The van der Waals surface area contributed by atoms with Gasteiger partial charge in [0, 0.05) is 19.2 Å². The maximum absolute atomic E-state index is 12.2. The van der Waals surface area contributed by atoms with Crippen LogP contribution in [0.5, 0.6) is 5.75 Å². The van der Waals surface area contributed by atoms with Crippen molar-refractivity contribution in [1.29, 1.82) is 0 Å². The number of aryl methyl sites for hydroxylation is 3. The highest BCUT2D eigenvalue weighted by molar-refractivity contribution is 6.33. The molecule has 0 unspecified atom stereocenters. The normalized spacial score (nSPS) is 13.2. The number of hydrogen-bond acceptors (Lipinski definition) is 4. The summed E-state index contributed by atoms with van der Waals surface area (Å²) in [6.45, 7) is 2.41. The molecule has 2 heterocycles. The number of benzene rings is 1.